The Labute approximate surface area is 115 Å². The van der Waals surface area contributed by atoms with E-state index in [4.69, 9.17) is 9.84 Å². The summed E-state index contributed by atoms with van der Waals surface area (Å²) in [5.41, 5.74) is 0.793. The van der Waals surface area contributed by atoms with Gasteiger partial charge in [0.05, 0.1) is 13.0 Å². The molecule has 0 heterocycles. The van der Waals surface area contributed by atoms with E-state index < -0.39 is 5.97 Å². The smallest absolute Gasteiger partial charge is 0.303 e. The van der Waals surface area contributed by atoms with Crippen molar-refractivity contribution < 1.29 is 14.6 Å². The molecule has 0 fully saturated rings. The van der Waals surface area contributed by atoms with E-state index in [1.165, 1.54) is 0 Å². The highest BCUT2D eigenvalue weighted by molar-refractivity contribution is 5.67. The largest absolute Gasteiger partial charge is 0.494 e. The van der Waals surface area contributed by atoms with E-state index in [2.05, 4.69) is 4.90 Å². The summed E-state index contributed by atoms with van der Waals surface area (Å²) in [6.45, 7) is 7.22. The molecule has 0 aliphatic heterocycles. The van der Waals surface area contributed by atoms with Crippen LogP contribution in [0.2, 0.25) is 0 Å². The fraction of sp³-hybridized carbons (Fsp3) is 0.533. The zero-order valence-electron chi connectivity index (χ0n) is 12.1. The van der Waals surface area contributed by atoms with Crippen molar-refractivity contribution in [1.82, 2.24) is 0 Å². The number of carbonyl (C=O) groups is 1. The quantitative estimate of drug-likeness (QED) is 0.823. The van der Waals surface area contributed by atoms with Gasteiger partial charge in [0.2, 0.25) is 0 Å². The van der Waals surface area contributed by atoms with Crippen molar-refractivity contribution in [3.8, 4) is 5.75 Å². The van der Waals surface area contributed by atoms with Crippen molar-refractivity contribution in [2.45, 2.75) is 27.2 Å². The molecule has 0 aromatic heterocycles. The molecule has 4 heteroatoms. The van der Waals surface area contributed by atoms with Crippen molar-refractivity contribution in [3.63, 3.8) is 0 Å². The number of hydrogen-bond donors (Lipinski definition) is 1. The monoisotopic (exact) mass is 265 g/mol. The molecule has 0 saturated carbocycles. The van der Waals surface area contributed by atoms with E-state index in [0.29, 0.717) is 13.2 Å². The first-order valence-corrected chi connectivity index (χ1v) is 6.50. The molecule has 0 spiro atoms. The molecule has 0 bridgehead atoms. The van der Waals surface area contributed by atoms with Gasteiger partial charge in [0.15, 0.2) is 0 Å². The maximum atomic E-state index is 10.8. The summed E-state index contributed by atoms with van der Waals surface area (Å²) >= 11 is 0. The van der Waals surface area contributed by atoms with Gasteiger partial charge < -0.3 is 14.7 Å². The molecular formula is C15H23NO3. The van der Waals surface area contributed by atoms with Crippen molar-refractivity contribution in [2.24, 2.45) is 5.41 Å². The summed E-state index contributed by atoms with van der Waals surface area (Å²) in [4.78, 5) is 12.9. The first kappa shape index (κ1) is 15.3. The minimum absolute atomic E-state index is 0.161. The molecule has 0 unspecified atom stereocenters. The van der Waals surface area contributed by atoms with E-state index in [1.54, 1.807) is 0 Å². The zero-order valence-corrected chi connectivity index (χ0v) is 12.1. The molecule has 0 aliphatic rings. The van der Waals surface area contributed by atoms with Crippen LogP contribution in [0.15, 0.2) is 24.3 Å². The topological polar surface area (TPSA) is 49.8 Å². The predicted molar refractivity (Wildman–Crippen MR) is 76.9 cm³/mol. The van der Waals surface area contributed by atoms with E-state index in [0.717, 1.165) is 11.4 Å². The van der Waals surface area contributed by atoms with Crippen LogP contribution in [0.25, 0.3) is 0 Å². The highest BCUT2D eigenvalue weighted by atomic mass is 16.5. The Morgan fingerprint density at radius 2 is 1.89 bits per heavy atom. The normalized spacial score (nSPS) is 11.2. The van der Waals surface area contributed by atoms with E-state index in [-0.39, 0.29) is 11.8 Å². The molecule has 106 valence electrons. The predicted octanol–water partition coefficient (Wildman–Crippen LogP) is 3.02. The lowest BCUT2D eigenvalue weighted by Crippen LogP contribution is -2.33. The second kappa shape index (κ2) is 6.45. The molecule has 0 saturated heterocycles. The number of aliphatic carboxylic acids is 1. The van der Waals surface area contributed by atoms with Crippen LogP contribution in [0.4, 0.5) is 5.69 Å². The Hall–Kier alpha value is -1.71. The standard InChI is InChI=1S/C15H23NO3/c1-5-19-13-8-6-12(7-9-13)16(4)11-15(2,3)10-14(17)18/h6-9H,5,10-11H2,1-4H3,(H,17,18). The number of ether oxygens (including phenoxy) is 1. The molecule has 1 aromatic rings. The lowest BCUT2D eigenvalue weighted by atomic mass is 9.88. The zero-order chi connectivity index (χ0) is 14.5. The molecule has 1 rings (SSSR count). The second-order valence-electron chi connectivity index (χ2n) is 5.52. The van der Waals surface area contributed by atoms with E-state index in [1.807, 2.05) is 52.1 Å². The number of carboxylic acid groups (broad SMARTS) is 1. The number of carboxylic acids is 1. The Balaban J connectivity index is 2.66. The minimum atomic E-state index is -0.759. The average Bonchev–Trinajstić information content (AvgIpc) is 2.27. The molecule has 19 heavy (non-hydrogen) atoms. The Kier molecular flexibility index (Phi) is 5.21. The number of rotatable bonds is 7. The van der Waals surface area contributed by atoms with Crippen molar-refractivity contribution >= 4 is 11.7 Å². The van der Waals surface area contributed by atoms with Gasteiger partial charge in [0, 0.05) is 19.3 Å². The number of nitrogens with zero attached hydrogens (tertiary/aromatic N) is 1. The van der Waals surface area contributed by atoms with Gasteiger partial charge in [-0.05, 0) is 36.6 Å². The van der Waals surface area contributed by atoms with Gasteiger partial charge in [0.1, 0.15) is 5.75 Å². The van der Waals surface area contributed by atoms with Gasteiger partial charge in [-0.3, -0.25) is 4.79 Å². The van der Waals surface area contributed by atoms with Gasteiger partial charge >= 0.3 is 5.97 Å². The third-order valence-electron chi connectivity index (χ3n) is 2.88. The summed E-state index contributed by atoms with van der Waals surface area (Å²) < 4.78 is 5.40. The van der Waals surface area contributed by atoms with Gasteiger partial charge in [-0.1, -0.05) is 13.8 Å². The van der Waals surface area contributed by atoms with E-state index >= 15 is 0 Å². The lowest BCUT2D eigenvalue weighted by molar-refractivity contribution is -0.139. The van der Waals surface area contributed by atoms with Crippen LogP contribution in [0, 0.1) is 5.41 Å². The maximum Gasteiger partial charge on any atom is 0.303 e. The molecular weight excluding hydrogens is 242 g/mol. The van der Waals surface area contributed by atoms with Gasteiger partial charge in [-0.15, -0.1) is 0 Å². The first-order chi connectivity index (χ1) is 8.84. The second-order valence-corrected chi connectivity index (χ2v) is 5.52. The molecule has 1 N–H and O–H groups in total. The SMILES string of the molecule is CCOc1ccc(N(C)CC(C)(C)CC(=O)O)cc1. The lowest BCUT2D eigenvalue weighted by Gasteiger charge is -2.30. The van der Waals surface area contributed by atoms with Gasteiger partial charge in [-0.25, -0.2) is 0 Å². The van der Waals surface area contributed by atoms with Crippen LogP contribution in [-0.2, 0) is 4.79 Å². The molecule has 0 aliphatic carbocycles. The Morgan fingerprint density at radius 3 is 2.37 bits per heavy atom. The summed E-state index contributed by atoms with van der Waals surface area (Å²) in [6, 6.07) is 7.84. The van der Waals surface area contributed by atoms with Crippen LogP contribution < -0.4 is 9.64 Å². The number of benzene rings is 1. The first-order valence-electron chi connectivity index (χ1n) is 6.50. The highest BCUT2D eigenvalue weighted by Gasteiger charge is 2.23. The fourth-order valence-electron chi connectivity index (χ4n) is 2.16. The number of anilines is 1. The molecule has 1 aromatic carbocycles. The van der Waals surface area contributed by atoms with Crippen LogP contribution in [0.3, 0.4) is 0 Å². The van der Waals surface area contributed by atoms with Gasteiger partial charge in [-0.2, -0.15) is 0 Å². The fourth-order valence-corrected chi connectivity index (χ4v) is 2.16. The highest BCUT2D eigenvalue weighted by Crippen LogP contribution is 2.25. The van der Waals surface area contributed by atoms with Crippen molar-refractivity contribution in [3.05, 3.63) is 24.3 Å². The van der Waals surface area contributed by atoms with Crippen molar-refractivity contribution in [2.75, 3.05) is 25.1 Å². The summed E-state index contributed by atoms with van der Waals surface area (Å²) in [6.07, 6.45) is 0.161. The maximum absolute atomic E-state index is 10.8. The molecule has 4 nitrogen and oxygen atoms in total. The average molecular weight is 265 g/mol. The Bertz CT molecular complexity index is 412. The van der Waals surface area contributed by atoms with E-state index in [9.17, 15) is 4.79 Å². The van der Waals surface area contributed by atoms with Gasteiger partial charge in [0.25, 0.3) is 0 Å². The van der Waals surface area contributed by atoms with Crippen LogP contribution >= 0.6 is 0 Å². The molecule has 0 atom stereocenters. The van der Waals surface area contributed by atoms with Crippen LogP contribution in [0.5, 0.6) is 5.75 Å². The number of hydrogen-bond acceptors (Lipinski definition) is 3. The minimum Gasteiger partial charge on any atom is -0.494 e. The summed E-state index contributed by atoms with van der Waals surface area (Å²) in [5.74, 6) is 0.0922. The third-order valence-corrected chi connectivity index (χ3v) is 2.88. The third kappa shape index (κ3) is 5.20. The Morgan fingerprint density at radius 1 is 1.32 bits per heavy atom. The van der Waals surface area contributed by atoms with Crippen molar-refractivity contribution in [1.29, 1.82) is 0 Å². The molecule has 0 radical (unpaired) electrons. The van der Waals surface area contributed by atoms with Crippen LogP contribution in [0.1, 0.15) is 27.2 Å². The summed E-state index contributed by atoms with van der Waals surface area (Å²) in [5, 5.41) is 8.89. The summed E-state index contributed by atoms with van der Waals surface area (Å²) in [7, 11) is 1.97. The van der Waals surface area contributed by atoms with Crippen LogP contribution in [-0.4, -0.2) is 31.3 Å². The molecule has 0 amide bonds.